The van der Waals surface area contributed by atoms with Crippen molar-refractivity contribution in [1.82, 2.24) is 0 Å². The van der Waals surface area contributed by atoms with Crippen molar-refractivity contribution in [2.45, 2.75) is 17.2 Å². The minimum atomic E-state index is -3.77. The predicted molar refractivity (Wildman–Crippen MR) is 105 cm³/mol. The summed E-state index contributed by atoms with van der Waals surface area (Å²) in [6, 6.07) is 11.3. The van der Waals surface area contributed by atoms with Gasteiger partial charge in [0.1, 0.15) is 12.4 Å². The molecule has 1 saturated heterocycles. The van der Waals surface area contributed by atoms with Crippen molar-refractivity contribution in [3.05, 3.63) is 65.7 Å². The van der Waals surface area contributed by atoms with Gasteiger partial charge in [-0.3, -0.25) is 4.79 Å². The first-order chi connectivity index (χ1) is 12.8. The van der Waals surface area contributed by atoms with Gasteiger partial charge in [0, 0.05) is 29.6 Å². The fourth-order valence-corrected chi connectivity index (χ4v) is 3.78. The number of primary sulfonamides is 1. The molecule has 1 fully saturated rings. The van der Waals surface area contributed by atoms with Gasteiger partial charge in [0.05, 0.1) is 4.90 Å². The Balaban J connectivity index is 1.85. The molecule has 1 heterocycles. The molecule has 2 aromatic carbocycles. The molecule has 1 atom stereocenters. The Kier molecular flexibility index (Phi) is 5.55. The Morgan fingerprint density at radius 1 is 1.26 bits per heavy atom. The van der Waals surface area contributed by atoms with Crippen molar-refractivity contribution in [1.29, 1.82) is 0 Å². The zero-order valence-electron chi connectivity index (χ0n) is 14.5. The van der Waals surface area contributed by atoms with Crippen LogP contribution in [0.25, 0.3) is 0 Å². The summed E-state index contributed by atoms with van der Waals surface area (Å²) in [7, 11) is -3.77. The molecule has 1 aliphatic rings. The summed E-state index contributed by atoms with van der Waals surface area (Å²) in [4.78, 5) is 14.2. The molecule has 2 N–H and O–H groups in total. The largest absolute Gasteiger partial charge is 0.489 e. The van der Waals surface area contributed by atoms with Crippen LogP contribution in [-0.4, -0.2) is 27.5 Å². The van der Waals surface area contributed by atoms with Gasteiger partial charge in [-0.25, -0.2) is 13.6 Å². The number of rotatable bonds is 6. The van der Waals surface area contributed by atoms with Crippen molar-refractivity contribution < 1.29 is 17.9 Å². The Morgan fingerprint density at radius 3 is 2.59 bits per heavy atom. The first-order valence-electron chi connectivity index (χ1n) is 8.26. The number of anilines is 1. The predicted octanol–water partition coefficient (Wildman–Crippen LogP) is 3.07. The maximum Gasteiger partial charge on any atom is 0.238 e. The summed E-state index contributed by atoms with van der Waals surface area (Å²) in [5.74, 6) is 0.520. The SMILES string of the molecule is C=CCOc1cc(Cl)ccc1C1CC(=O)N(c2ccc(S(N)(=O)=O)cc2)C1. The smallest absolute Gasteiger partial charge is 0.238 e. The first kappa shape index (κ1) is 19.4. The number of carbonyl (C=O) groups is 1. The van der Waals surface area contributed by atoms with Gasteiger partial charge in [0.15, 0.2) is 0 Å². The number of hydrogen-bond acceptors (Lipinski definition) is 4. The van der Waals surface area contributed by atoms with E-state index in [9.17, 15) is 13.2 Å². The molecule has 0 saturated carbocycles. The number of halogens is 1. The summed E-state index contributed by atoms with van der Waals surface area (Å²) in [6.45, 7) is 4.44. The second kappa shape index (κ2) is 7.72. The number of carbonyl (C=O) groups excluding carboxylic acids is 1. The van der Waals surface area contributed by atoms with E-state index in [4.69, 9.17) is 21.5 Å². The van der Waals surface area contributed by atoms with Gasteiger partial charge in [-0.15, -0.1) is 0 Å². The van der Waals surface area contributed by atoms with E-state index in [2.05, 4.69) is 6.58 Å². The van der Waals surface area contributed by atoms with Crippen LogP contribution in [0.1, 0.15) is 17.9 Å². The topological polar surface area (TPSA) is 89.7 Å². The van der Waals surface area contributed by atoms with E-state index < -0.39 is 10.0 Å². The summed E-state index contributed by atoms with van der Waals surface area (Å²) in [5, 5.41) is 5.67. The highest BCUT2D eigenvalue weighted by Gasteiger charge is 2.33. The van der Waals surface area contributed by atoms with Gasteiger partial charge in [0.25, 0.3) is 0 Å². The summed E-state index contributed by atoms with van der Waals surface area (Å²) < 4.78 is 28.5. The Morgan fingerprint density at radius 2 is 1.96 bits per heavy atom. The fraction of sp³-hybridized carbons (Fsp3) is 0.211. The second-order valence-electron chi connectivity index (χ2n) is 6.23. The molecule has 1 aliphatic heterocycles. The molecule has 0 spiro atoms. The maximum atomic E-state index is 12.5. The number of nitrogens with two attached hydrogens (primary N) is 1. The molecule has 8 heteroatoms. The van der Waals surface area contributed by atoms with Gasteiger partial charge < -0.3 is 9.64 Å². The molecule has 2 aromatic rings. The van der Waals surface area contributed by atoms with Gasteiger partial charge in [-0.05, 0) is 42.0 Å². The van der Waals surface area contributed by atoms with Crippen LogP contribution < -0.4 is 14.8 Å². The van der Waals surface area contributed by atoms with Crippen molar-refractivity contribution >= 4 is 33.2 Å². The molecule has 3 rings (SSSR count). The average Bonchev–Trinajstić information content (AvgIpc) is 3.01. The number of nitrogens with zero attached hydrogens (tertiary/aromatic N) is 1. The number of amides is 1. The fourth-order valence-electron chi connectivity index (χ4n) is 3.10. The molecule has 0 aliphatic carbocycles. The van der Waals surface area contributed by atoms with Crippen molar-refractivity contribution in [2.24, 2.45) is 5.14 Å². The zero-order valence-corrected chi connectivity index (χ0v) is 16.0. The highest BCUT2D eigenvalue weighted by Crippen LogP contribution is 2.37. The van der Waals surface area contributed by atoms with Gasteiger partial charge >= 0.3 is 0 Å². The van der Waals surface area contributed by atoms with Crippen LogP contribution in [0.3, 0.4) is 0 Å². The highest BCUT2D eigenvalue weighted by molar-refractivity contribution is 7.89. The van der Waals surface area contributed by atoms with Crippen molar-refractivity contribution in [2.75, 3.05) is 18.1 Å². The van der Waals surface area contributed by atoms with Crippen molar-refractivity contribution in [3.8, 4) is 5.75 Å². The number of benzene rings is 2. The summed E-state index contributed by atoms with van der Waals surface area (Å²) in [5.41, 5.74) is 1.52. The normalized spacial score (nSPS) is 17.2. The average molecular weight is 407 g/mol. The molecule has 0 aromatic heterocycles. The van der Waals surface area contributed by atoms with E-state index in [0.29, 0.717) is 36.0 Å². The first-order valence-corrected chi connectivity index (χ1v) is 10.2. The molecular formula is C19H19ClN2O4S. The third-order valence-corrected chi connectivity index (χ3v) is 5.54. The van der Waals surface area contributed by atoms with Crippen molar-refractivity contribution in [3.63, 3.8) is 0 Å². The lowest BCUT2D eigenvalue weighted by molar-refractivity contribution is -0.117. The van der Waals surface area contributed by atoms with Crippen LogP contribution in [0.5, 0.6) is 5.75 Å². The van der Waals surface area contributed by atoms with Crippen LogP contribution in [0.2, 0.25) is 5.02 Å². The quantitative estimate of drug-likeness (QED) is 0.746. The van der Waals surface area contributed by atoms with E-state index in [1.807, 2.05) is 6.07 Å². The molecule has 0 radical (unpaired) electrons. The molecular weight excluding hydrogens is 388 g/mol. The lowest BCUT2D eigenvalue weighted by Gasteiger charge is -2.19. The minimum absolute atomic E-state index is 0.00672. The van der Waals surface area contributed by atoms with Crippen LogP contribution in [-0.2, 0) is 14.8 Å². The monoisotopic (exact) mass is 406 g/mol. The second-order valence-corrected chi connectivity index (χ2v) is 8.22. The van der Waals surface area contributed by atoms with Gasteiger partial charge in [-0.2, -0.15) is 0 Å². The maximum absolute atomic E-state index is 12.5. The number of hydrogen-bond donors (Lipinski definition) is 1. The third kappa shape index (κ3) is 4.32. The van der Waals surface area contributed by atoms with E-state index in [0.717, 1.165) is 5.56 Å². The van der Waals surface area contributed by atoms with E-state index in [-0.39, 0.29) is 16.7 Å². The van der Waals surface area contributed by atoms with Gasteiger partial charge in [0.2, 0.25) is 15.9 Å². The van der Waals surface area contributed by atoms with E-state index >= 15 is 0 Å². The molecule has 1 unspecified atom stereocenters. The van der Waals surface area contributed by atoms with E-state index in [1.165, 1.54) is 12.1 Å². The van der Waals surface area contributed by atoms with Crippen LogP contribution >= 0.6 is 11.6 Å². The minimum Gasteiger partial charge on any atom is -0.489 e. The standard InChI is InChI=1S/C19H19ClN2O4S/c1-2-9-26-18-11-14(20)3-8-17(18)13-10-19(23)22(12-13)15-4-6-16(7-5-15)27(21,24)25/h2-8,11,13H,1,9-10,12H2,(H2,21,24,25). The third-order valence-electron chi connectivity index (χ3n) is 4.37. The lowest BCUT2D eigenvalue weighted by atomic mass is 9.97. The Hall–Kier alpha value is -2.35. The summed E-state index contributed by atoms with van der Waals surface area (Å²) >= 11 is 6.06. The number of ether oxygens (including phenoxy) is 1. The lowest BCUT2D eigenvalue weighted by Crippen LogP contribution is -2.24. The molecule has 27 heavy (non-hydrogen) atoms. The van der Waals surface area contributed by atoms with Gasteiger partial charge in [-0.1, -0.05) is 30.3 Å². The van der Waals surface area contributed by atoms with Crippen LogP contribution in [0.4, 0.5) is 5.69 Å². The molecule has 0 bridgehead atoms. The summed E-state index contributed by atoms with van der Waals surface area (Å²) in [6.07, 6.45) is 1.97. The Labute approximate surface area is 163 Å². The number of sulfonamides is 1. The zero-order chi connectivity index (χ0) is 19.6. The van der Waals surface area contributed by atoms with Crippen LogP contribution in [0.15, 0.2) is 60.0 Å². The molecule has 6 nitrogen and oxygen atoms in total. The van der Waals surface area contributed by atoms with E-state index in [1.54, 1.807) is 35.2 Å². The highest BCUT2D eigenvalue weighted by atomic mass is 35.5. The Bertz CT molecular complexity index is 974. The van der Waals surface area contributed by atoms with Crippen LogP contribution in [0, 0.1) is 0 Å². The molecule has 142 valence electrons. The molecule has 1 amide bonds.